The summed E-state index contributed by atoms with van der Waals surface area (Å²) in [7, 11) is 0. The van der Waals surface area contributed by atoms with Crippen LogP contribution in [-0.4, -0.2) is 28.1 Å². The second-order valence-corrected chi connectivity index (χ2v) is 7.80. The summed E-state index contributed by atoms with van der Waals surface area (Å²) in [5, 5.41) is 13.0. The number of thiophene rings is 1. The van der Waals surface area contributed by atoms with E-state index in [1.54, 1.807) is 23.1 Å². The Kier molecular flexibility index (Phi) is 4.52. The Hall–Kier alpha value is -0.0400. The first-order valence-electron chi connectivity index (χ1n) is 5.43. The lowest BCUT2D eigenvalue weighted by molar-refractivity contribution is -0.140. The third-order valence-electron chi connectivity index (χ3n) is 2.79. The van der Waals surface area contributed by atoms with Crippen LogP contribution < -0.4 is 5.32 Å². The van der Waals surface area contributed by atoms with Crippen LogP contribution in [0.25, 0.3) is 0 Å². The second kappa shape index (κ2) is 5.73. The Balaban J connectivity index is 1.88. The first-order chi connectivity index (χ1) is 8.10. The van der Waals surface area contributed by atoms with Crippen LogP contribution in [0.2, 0.25) is 0 Å². The lowest BCUT2D eigenvalue weighted by atomic mass is 9.96. The van der Waals surface area contributed by atoms with Gasteiger partial charge in [-0.25, -0.2) is 0 Å². The van der Waals surface area contributed by atoms with E-state index in [9.17, 15) is 9.90 Å². The lowest BCUT2D eigenvalue weighted by Gasteiger charge is -2.30. The summed E-state index contributed by atoms with van der Waals surface area (Å²) in [6.45, 7) is 0.491. The van der Waals surface area contributed by atoms with Gasteiger partial charge >= 0.3 is 0 Å². The van der Waals surface area contributed by atoms with E-state index < -0.39 is 5.60 Å². The topological polar surface area (TPSA) is 49.3 Å². The standard InChI is InChI=1S/C11H14BrNO2S2/c12-9-2-1-8(17-9)7-13-10(14)11(15)3-5-16-6-4-11/h1-2,15H,3-7H2,(H,13,14). The van der Waals surface area contributed by atoms with Crippen molar-refractivity contribution in [3.63, 3.8) is 0 Å². The fourth-order valence-electron chi connectivity index (χ4n) is 1.71. The normalized spacial score (nSPS) is 18.9. The highest BCUT2D eigenvalue weighted by atomic mass is 79.9. The molecule has 0 spiro atoms. The van der Waals surface area contributed by atoms with Crippen LogP contribution in [0, 0.1) is 0 Å². The van der Waals surface area contributed by atoms with E-state index in [0.717, 1.165) is 20.2 Å². The molecule has 2 rings (SSSR count). The maximum absolute atomic E-state index is 11.9. The van der Waals surface area contributed by atoms with Crippen molar-refractivity contribution in [3.05, 3.63) is 20.8 Å². The second-order valence-electron chi connectivity index (χ2n) is 4.03. The van der Waals surface area contributed by atoms with Gasteiger partial charge in [-0.05, 0) is 52.4 Å². The van der Waals surface area contributed by atoms with Crippen LogP contribution >= 0.6 is 39.0 Å². The molecule has 1 aromatic heterocycles. The Morgan fingerprint density at radius 2 is 2.18 bits per heavy atom. The van der Waals surface area contributed by atoms with Crippen molar-refractivity contribution >= 4 is 44.9 Å². The molecule has 1 amide bonds. The Morgan fingerprint density at radius 1 is 1.47 bits per heavy atom. The average molecular weight is 336 g/mol. The van der Waals surface area contributed by atoms with Crippen molar-refractivity contribution in [2.45, 2.75) is 25.0 Å². The minimum atomic E-state index is -1.15. The summed E-state index contributed by atoms with van der Waals surface area (Å²) in [5.41, 5.74) is -1.15. The van der Waals surface area contributed by atoms with Crippen LogP contribution in [0.3, 0.4) is 0 Å². The van der Waals surface area contributed by atoms with Gasteiger partial charge in [0.2, 0.25) is 0 Å². The minimum absolute atomic E-state index is 0.234. The SMILES string of the molecule is O=C(NCc1ccc(Br)s1)C1(O)CCSCC1. The van der Waals surface area contributed by atoms with E-state index in [-0.39, 0.29) is 5.91 Å². The van der Waals surface area contributed by atoms with Gasteiger partial charge in [0.25, 0.3) is 5.91 Å². The molecule has 6 heteroatoms. The highest BCUT2D eigenvalue weighted by molar-refractivity contribution is 9.11. The fraction of sp³-hybridized carbons (Fsp3) is 0.545. The van der Waals surface area contributed by atoms with Gasteiger partial charge in [-0.15, -0.1) is 11.3 Å². The van der Waals surface area contributed by atoms with Gasteiger partial charge < -0.3 is 10.4 Å². The maximum atomic E-state index is 11.9. The number of hydrogen-bond acceptors (Lipinski definition) is 4. The molecule has 0 unspecified atom stereocenters. The summed E-state index contributed by atoms with van der Waals surface area (Å²) >= 11 is 6.76. The van der Waals surface area contributed by atoms with Gasteiger partial charge in [-0.1, -0.05) is 0 Å². The predicted molar refractivity (Wildman–Crippen MR) is 75.4 cm³/mol. The number of rotatable bonds is 3. The van der Waals surface area contributed by atoms with Gasteiger partial charge in [0, 0.05) is 4.88 Å². The van der Waals surface area contributed by atoms with Crippen molar-refractivity contribution in [2.75, 3.05) is 11.5 Å². The summed E-state index contributed by atoms with van der Waals surface area (Å²) in [6, 6.07) is 3.92. The van der Waals surface area contributed by atoms with E-state index in [2.05, 4.69) is 21.2 Å². The molecule has 1 saturated heterocycles. The van der Waals surface area contributed by atoms with E-state index >= 15 is 0 Å². The van der Waals surface area contributed by atoms with Crippen LogP contribution in [0.15, 0.2) is 15.9 Å². The molecule has 0 aromatic carbocycles. The van der Waals surface area contributed by atoms with Crippen molar-refractivity contribution in [3.8, 4) is 0 Å². The Morgan fingerprint density at radius 3 is 2.76 bits per heavy atom. The van der Waals surface area contributed by atoms with E-state index in [0.29, 0.717) is 19.4 Å². The number of carbonyl (C=O) groups excluding carboxylic acids is 1. The monoisotopic (exact) mass is 335 g/mol. The molecule has 3 nitrogen and oxygen atoms in total. The van der Waals surface area contributed by atoms with E-state index in [1.807, 2.05) is 12.1 Å². The molecule has 0 radical (unpaired) electrons. The highest BCUT2D eigenvalue weighted by Crippen LogP contribution is 2.27. The number of nitrogens with one attached hydrogen (secondary N) is 1. The van der Waals surface area contributed by atoms with Crippen molar-refractivity contribution in [1.29, 1.82) is 0 Å². The van der Waals surface area contributed by atoms with E-state index in [4.69, 9.17) is 0 Å². The van der Waals surface area contributed by atoms with Gasteiger partial charge in [0.15, 0.2) is 0 Å². The van der Waals surface area contributed by atoms with Crippen molar-refractivity contribution in [1.82, 2.24) is 5.32 Å². The van der Waals surface area contributed by atoms with Crippen molar-refractivity contribution < 1.29 is 9.90 Å². The molecule has 0 atom stereocenters. The molecule has 94 valence electrons. The third kappa shape index (κ3) is 3.47. The fourth-order valence-corrected chi connectivity index (χ4v) is 4.31. The summed E-state index contributed by atoms with van der Waals surface area (Å²) in [4.78, 5) is 13.0. The molecule has 1 aromatic rings. The van der Waals surface area contributed by atoms with Gasteiger partial charge in [-0.2, -0.15) is 11.8 Å². The molecule has 1 aliphatic rings. The first kappa shape index (κ1) is 13.4. The number of halogens is 1. The molecule has 0 saturated carbocycles. The predicted octanol–water partition coefficient (Wildman–Crippen LogP) is 2.38. The zero-order valence-electron chi connectivity index (χ0n) is 9.24. The van der Waals surface area contributed by atoms with Gasteiger partial charge in [0.05, 0.1) is 10.3 Å². The number of carbonyl (C=O) groups is 1. The molecule has 1 aliphatic heterocycles. The first-order valence-corrected chi connectivity index (χ1v) is 8.19. The molecule has 2 heterocycles. The third-order valence-corrected chi connectivity index (χ3v) is 5.40. The quantitative estimate of drug-likeness (QED) is 0.891. The lowest BCUT2D eigenvalue weighted by Crippen LogP contribution is -2.48. The largest absolute Gasteiger partial charge is 0.380 e. The summed E-state index contributed by atoms with van der Waals surface area (Å²) < 4.78 is 1.05. The Bertz CT molecular complexity index is 402. The molecule has 1 fully saturated rings. The Labute approximate surface area is 117 Å². The average Bonchev–Trinajstić information content (AvgIpc) is 2.73. The number of thioether (sulfide) groups is 1. The number of aliphatic hydroxyl groups is 1. The summed E-state index contributed by atoms with van der Waals surface area (Å²) in [6.07, 6.45) is 1.11. The minimum Gasteiger partial charge on any atom is -0.380 e. The van der Waals surface area contributed by atoms with Gasteiger partial charge in [0.1, 0.15) is 5.60 Å². The number of hydrogen-bond donors (Lipinski definition) is 2. The maximum Gasteiger partial charge on any atom is 0.252 e. The number of amides is 1. The van der Waals surface area contributed by atoms with Gasteiger partial charge in [-0.3, -0.25) is 4.79 Å². The zero-order valence-corrected chi connectivity index (χ0v) is 12.5. The molecular formula is C11H14BrNO2S2. The van der Waals surface area contributed by atoms with Crippen molar-refractivity contribution in [2.24, 2.45) is 0 Å². The van der Waals surface area contributed by atoms with E-state index in [1.165, 1.54) is 0 Å². The summed E-state index contributed by atoms with van der Waals surface area (Å²) in [5.74, 6) is 1.48. The van der Waals surface area contributed by atoms with Crippen LogP contribution in [0.1, 0.15) is 17.7 Å². The zero-order chi connectivity index (χ0) is 12.3. The molecule has 17 heavy (non-hydrogen) atoms. The highest BCUT2D eigenvalue weighted by Gasteiger charge is 2.37. The molecule has 0 bridgehead atoms. The van der Waals surface area contributed by atoms with Crippen LogP contribution in [0.5, 0.6) is 0 Å². The van der Waals surface area contributed by atoms with Crippen LogP contribution in [-0.2, 0) is 11.3 Å². The molecular weight excluding hydrogens is 322 g/mol. The van der Waals surface area contributed by atoms with Crippen LogP contribution in [0.4, 0.5) is 0 Å². The smallest absolute Gasteiger partial charge is 0.252 e. The molecule has 0 aliphatic carbocycles. The molecule has 2 N–H and O–H groups in total.